The molecule has 1 aliphatic rings. The van der Waals surface area contributed by atoms with Gasteiger partial charge in [-0.25, -0.2) is 4.98 Å². The van der Waals surface area contributed by atoms with E-state index in [1.807, 2.05) is 11.6 Å². The van der Waals surface area contributed by atoms with Crippen LogP contribution in [0.25, 0.3) is 0 Å². The van der Waals surface area contributed by atoms with Crippen LogP contribution in [0.5, 0.6) is 5.75 Å². The number of thiazole rings is 1. The first-order valence-corrected chi connectivity index (χ1v) is 8.69. The summed E-state index contributed by atoms with van der Waals surface area (Å²) in [5.41, 5.74) is 0.669. The largest absolute Gasteiger partial charge is 0.490 e. The Morgan fingerprint density at radius 2 is 2.08 bits per heavy atom. The topological polar surface area (TPSA) is 71.7 Å². The van der Waals surface area contributed by atoms with Gasteiger partial charge in [-0.05, 0) is 19.1 Å². The van der Waals surface area contributed by atoms with E-state index in [-0.39, 0.29) is 16.7 Å². The molecule has 8 heteroatoms. The number of para-hydroxylation sites is 1. The average Bonchev–Trinajstić information content (AvgIpc) is 3.15. The zero-order chi connectivity index (χ0) is 17.1. The van der Waals surface area contributed by atoms with Crippen LogP contribution in [0.15, 0.2) is 29.8 Å². The van der Waals surface area contributed by atoms with Crippen molar-refractivity contribution in [3.8, 4) is 5.75 Å². The minimum absolute atomic E-state index is 0.0430. The summed E-state index contributed by atoms with van der Waals surface area (Å²) in [6.45, 7) is 5.32. The van der Waals surface area contributed by atoms with E-state index in [9.17, 15) is 10.1 Å². The number of nitro groups is 1. The molecule has 1 aromatic carbocycles. The molecule has 2 heterocycles. The van der Waals surface area contributed by atoms with Gasteiger partial charge in [-0.2, -0.15) is 0 Å². The Labute approximate surface area is 144 Å². The summed E-state index contributed by atoms with van der Waals surface area (Å²) < 4.78 is 5.16. The van der Waals surface area contributed by atoms with E-state index in [1.165, 1.54) is 7.11 Å². The van der Waals surface area contributed by atoms with E-state index >= 15 is 0 Å². The Morgan fingerprint density at radius 3 is 2.67 bits per heavy atom. The fourth-order valence-corrected chi connectivity index (χ4v) is 3.79. The number of hydrogen-bond acceptors (Lipinski definition) is 7. The molecular weight excluding hydrogens is 328 g/mol. The molecule has 24 heavy (non-hydrogen) atoms. The third kappa shape index (κ3) is 3.20. The summed E-state index contributed by atoms with van der Waals surface area (Å²) >= 11 is 1.66. The lowest BCUT2D eigenvalue weighted by atomic mass is 10.2. The van der Waals surface area contributed by atoms with Gasteiger partial charge in [0.15, 0.2) is 5.75 Å². The summed E-state index contributed by atoms with van der Waals surface area (Å²) in [5, 5.41) is 14.5. The highest BCUT2D eigenvalue weighted by Gasteiger charge is 2.29. The molecule has 0 saturated carbocycles. The van der Waals surface area contributed by atoms with E-state index in [2.05, 4.69) is 21.7 Å². The van der Waals surface area contributed by atoms with E-state index in [4.69, 9.17) is 4.74 Å². The normalized spacial score (nSPS) is 16.8. The monoisotopic (exact) mass is 348 g/mol. The molecule has 0 bridgehead atoms. The van der Waals surface area contributed by atoms with Gasteiger partial charge in [0, 0.05) is 37.8 Å². The number of nitrogens with zero attached hydrogens (tertiary/aromatic N) is 4. The first-order valence-electron chi connectivity index (χ1n) is 7.81. The predicted molar refractivity (Wildman–Crippen MR) is 94.0 cm³/mol. The number of nitro benzene ring substituents is 1. The molecule has 0 N–H and O–H groups in total. The van der Waals surface area contributed by atoms with Gasteiger partial charge < -0.3 is 9.64 Å². The van der Waals surface area contributed by atoms with Gasteiger partial charge in [0.2, 0.25) is 0 Å². The molecule has 2 aromatic rings. The van der Waals surface area contributed by atoms with Crippen LogP contribution in [0.2, 0.25) is 0 Å². The molecule has 1 saturated heterocycles. The molecule has 128 valence electrons. The molecule has 0 radical (unpaired) electrons. The van der Waals surface area contributed by atoms with Crippen molar-refractivity contribution in [1.29, 1.82) is 0 Å². The van der Waals surface area contributed by atoms with Gasteiger partial charge in [0.1, 0.15) is 10.7 Å². The maximum absolute atomic E-state index is 11.5. The summed E-state index contributed by atoms with van der Waals surface area (Å²) in [7, 11) is 1.46. The van der Waals surface area contributed by atoms with Crippen LogP contribution in [-0.2, 0) is 0 Å². The van der Waals surface area contributed by atoms with Crippen LogP contribution < -0.4 is 9.64 Å². The molecule has 0 aliphatic carbocycles. The lowest BCUT2D eigenvalue weighted by Gasteiger charge is -2.38. The molecule has 0 amide bonds. The molecule has 1 unspecified atom stereocenters. The van der Waals surface area contributed by atoms with Crippen molar-refractivity contribution in [2.24, 2.45) is 0 Å². The van der Waals surface area contributed by atoms with Crippen molar-refractivity contribution in [2.45, 2.75) is 13.0 Å². The van der Waals surface area contributed by atoms with E-state index in [0.717, 1.165) is 31.2 Å². The molecule has 1 fully saturated rings. The van der Waals surface area contributed by atoms with Crippen molar-refractivity contribution in [1.82, 2.24) is 9.88 Å². The SMILES string of the molecule is COc1cccc(N2CCN(C(C)c3nccs3)CC2)c1[N+](=O)[O-]. The zero-order valence-corrected chi connectivity index (χ0v) is 14.5. The third-order valence-electron chi connectivity index (χ3n) is 4.39. The van der Waals surface area contributed by atoms with Crippen LogP contribution in [0, 0.1) is 10.1 Å². The van der Waals surface area contributed by atoms with E-state index < -0.39 is 0 Å². The van der Waals surface area contributed by atoms with Crippen molar-refractivity contribution < 1.29 is 9.66 Å². The maximum Gasteiger partial charge on any atom is 0.333 e. The summed E-state index contributed by atoms with van der Waals surface area (Å²) in [5.74, 6) is 0.302. The number of ether oxygens (including phenoxy) is 1. The van der Waals surface area contributed by atoms with Gasteiger partial charge >= 0.3 is 5.69 Å². The van der Waals surface area contributed by atoms with Crippen LogP contribution >= 0.6 is 11.3 Å². The first-order chi connectivity index (χ1) is 11.6. The highest BCUT2D eigenvalue weighted by molar-refractivity contribution is 7.09. The summed E-state index contributed by atoms with van der Waals surface area (Å²) in [6, 6.07) is 5.49. The third-order valence-corrected chi connectivity index (χ3v) is 5.34. The highest BCUT2D eigenvalue weighted by atomic mass is 32.1. The minimum atomic E-state index is -0.362. The summed E-state index contributed by atoms with van der Waals surface area (Å²) in [4.78, 5) is 19.9. The Bertz CT molecular complexity index is 699. The fraction of sp³-hybridized carbons (Fsp3) is 0.438. The van der Waals surface area contributed by atoms with Crippen molar-refractivity contribution >= 4 is 22.7 Å². The van der Waals surface area contributed by atoms with E-state index in [1.54, 1.807) is 29.5 Å². The molecule has 1 atom stereocenters. The van der Waals surface area contributed by atoms with Gasteiger partial charge in [0.25, 0.3) is 0 Å². The quantitative estimate of drug-likeness (QED) is 0.611. The van der Waals surface area contributed by atoms with E-state index in [0.29, 0.717) is 11.4 Å². The standard InChI is InChI=1S/C16H20N4O3S/c1-12(16-17-6-11-24-16)18-7-9-19(10-8-18)13-4-3-5-14(23-2)15(13)20(21)22/h3-6,11-12H,7-10H2,1-2H3. The number of rotatable bonds is 5. The van der Waals surface area contributed by atoms with Crippen LogP contribution in [0.1, 0.15) is 18.0 Å². The molecule has 7 nitrogen and oxygen atoms in total. The lowest BCUT2D eigenvalue weighted by Crippen LogP contribution is -2.47. The van der Waals surface area contributed by atoms with Gasteiger partial charge in [-0.15, -0.1) is 11.3 Å². The second kappa shape index (κ2) is 7.14. The molecule has 3 rings (SSSR count). The minimum Gasteiger partial charge on any atom is -0.490 e. The number of anilines is 1. The maximum atomic E-state index is 11.5. The molecular formula is C16H20N4O3S. The average molecular weight is 348 g/mol. The van der Waals surface area contributed by atoms with Crippen LogP contribution in [0.3, 0.4) is 0 Å². The Kier molecular flexibility index (Phi) is 4.96. The number of benzene rings is 1. The Morgan fingerprint density at radius 1 is 1.33 bits per heavy atom. The predicted octanol–water partition coefficient (Wildman–Crippen LogP) is 2.94. The first kappa shape index (κ1) is 16.7. The fourth-order valence-electron chi connectivity index (χ4n) is 3.06. The number of methoxy groups -OCH3 is 1. The van der Waals surface area contributed by atoms with Crippen LogP contribution in [0.4, 0.5) is 11.4 Å². The van der Waals surface area contributed by atoms with Gasteiger partial charge in [-0.3, -0.25) is 15.0 Å². The number of aromatic nitrogens is 1. The number of hydrogen-bond donors (Lipinski definition) is 0. The zero-order valence-electron chi connectivity index (χ0n) is 13.7. The second-order valence-corrected chi connectivity index (χ2v) is 6.58. The van der Waals surface area contributed by atoms with Crippen molar-refractivity contribution in [2.75, 3.05) is 38.2 Å². The van der Waals surface area contributed by atoms with Crippen molar-refractivity contribution in [3.63, 3.8) is 0 Å². The molecule has 0 spiro atoms. The smallest absolute Gasteiger partial charge is 0.333 e. The van der Waals surface area contributed by atoms with Crippen molar-refractivity contribution in [3.05, 3.63) is 44.9 Å². The lowest BCUT2D eigenvalue weighted by molar-refractivity contribution is -0.385. The molecule has 1 aliphatic heterocycles. The van der Waals surface area contributed by atoms with Gasteiger partial charge in [-0.1, -0.05) is 6.07 Å². The molecule has 1 aromatic heterocycles. The van der Waals surface area contributed by atoms with Crippen LogP contribution in [-0.4, -0.2) is 48.1 Å². The number of piperazine rings is 1. The summed E-state index contributed by atoms with van der Waals surface area (Å²) in [6.07, 6.45) is 1.83. The Hall–Kier alpha value is -2.19. The second-order valence-electron chi connectivity index (χ2n) is 5.65. The highest BCUT2D eigenvalue weighted by Crippen LogP contribution is 2.37. The Balaban J connectivity index is 1.74. The van der Waals surface area contributed by atoms with Gasteiger partial charge in [0.05, 0.1) is 18.1 Å².